The smallest absolute Gasteiger partial charge is 0.0332 e. The molecule has 0 aliphatic carbocycles. The van der Waals surface area contributed by atoms with Gasteiger partial charge in [0.05, 0.1) is 0 Å². The Morgan fingerprint density at radius 3 is 3.10 bits per heavy atom. The SMILES string of the molecule is C1=C=CSSSSSCC=1. The van der Waals surface area contributed by atoms with Gasteiger partial charge >= 0.3 is 0 Å². The van der Waals surface area contributed by atoms with E-state index in [-0.39, 0.29) is 0 Å². The summed E-state index contributed by atoms with van der Waals surface area (Å²) >= 11 is 0. The summed E-state index contributed by atoms with van der Waals surface area (Å²) in [4.78, 5) is 0. The lowest BCUT2D eigenvalue weighted by Crippen LogP contribution is -1.58. The summed E-state index contributed by atoms with van der Waals surface area (Å²) in [6.07, 6.45) is 1.99. The Morgan fingerprint density at radius 1 is 1.10 bits per heavy atom. The van der Waals surface area contributed by atoms with E-state index >= 15 is 0 Å². The predicted molar refractivity (Wildman–Crippen MR) is 59.0 cm³/mol. The van der Waals surface area contributed by atoms with Crippen LogP contribution < -0.4 is 0 Å². The van der Waals surface area contributed by atoms with Crippen LogP contribution in [0.4, 0.5) is 0 Å². The number of hydrogen-bond donors (Lipinski definition) is 0. The standard InChI is InChI=1S/C5H4S5/c1-2-4-6-8-10-9-7-5-3-1/h2,5H,4H2. The second kappa shape index (κ2) is 6.74. The van der Waals surface area contributed by atoms with Crippen molar-refractivity contribution in [2.45, 2.75) is 0 Å². The summed E-state index contributed by atoms with van der Waals surface area (Å²) in [7, 11) is 8.86. The van der Waals surface area contributed by atoms with Crippen molar-refractivity contribution in [3.63, 3.8) is 0 Å². The van der Waals surface area contributed by atoms with E-state index in [4.69, 9.17) is 0 Å². The zero-order valence-corrected chi connectivity index (χ0v) is 8.99. The second-order valence-corrected chi connectivity index (χ2v) is 8.78. The molecule has 1 aliphatic rings. The minimum atomic E-state index is 1.02. The predicted octanol–water partition coefficient (Wildman–Crippen LogP) is 4.15. The third-order valence-electron chi connectivity index (χ3n) is 0.587. The first kappa shape index (κ1) is 9.14. The van der Waals surface area contributed by atoms with E-state index in [9.17, 15) is 0 Å². The molecule has 0 aromatic heterocycles. The molecule has 1 aliphatic heterocycles. The molecule has 0 nitrogen and oxygen atoms in total. The summed E-state index contributed by atoms with van der Waals surface area (Å²) < 4.78 is 0. The lowest BCUT2D eigenvalue weighted by atomic mass is 10.7. The van der Waals surface area contributed by atoms with Gasteiger partial charge in [0.25, 0.3) is 0 Å². The molecule has 1 rings (SSSR count). The highest BCUT2D eigenvalue weighted by molar-refractivity contribution is 9.36. The summed E-state index contributed by atoms with van der Waals surface area (Å²) in [5.41, 5.74) is 5.88. The fraction of sp³-hybridized carbons (Fsp3) is 0.200. The molecule has 0 bridgehead atoms. The fourth-order valence-electron chi connectivity index (χ4n) is 0.287. The van der Waals surface area contributed by atoms with Gasteiger partial charge in [0.15, 0.2) is 0 Å². The highest BCUT2D eigenvalue weighted by Crippen LogP contribution is 2.48. The zero-order valence-electron chi connectivity index (χ0n) is 4.90. The molecule has 1 heterocycles. The maximum atomic E-state index is 2.95. The molecule has 54 valence electrons. The first-order valence-electron chi connectivity index (χ1n) is 2.43. The summed E-state index contributed by atoms with van der Waals surface area (Å²) in [6.45, 7) is 0. The van der Waals surface area contributed by atoms with Gasteiger partial charge in [-0.05, 0) is 46.3 Å². The van der Waals surface area contributed by atoms with Crippen LogP contribution >= 0.6 is 51.1 Å². The molecule has 0 aromatic carbocycles. The summed E-state index contributed by atoms with van der Waals surface area (Å²) in [5.74, 6) is 1.02. The Bertz CT molecular complexity index is 154. The second-order valence-electron chi connectivity index (χ2n) is 1.20. The van der Waals surface area contributed by atoms with E-state index in [1.807, 2.05) is 32.1 Å². The largest absolute Gasteiger partial charge is 0.0768 e. The first-order chi connectivity index (χ1) is 5.00. The molecule has 0 saturated heterocycles. The Kier molecular flexibility index (Phi) is 6.16. The van der Waals surface area contributed by atoms with Crippen LogP contribution in [0.15, 0.2) is 22.9 Å². The van der Waals surface area contributed by atoms with Crippen LogP contribution in [-0.4, -0.2) is 5.75 Å². The van der Waals surface area contributed by atoms with Crippen molar-refractivity contribution in [2.24, 2.45) is 0 Å². The van der Waals surface area contributed by atoms with Crippen molar-refractivity contribution in [1.29, 1.82) is 0 Å². The molecule has 0 aromatic rings. The van der Waals surface area contributed by atoms with Crippen LogP contribution in [0.3, 0.4) is 0 Å². The van der Waals surface area contributed by atoms with E-state index in [2.05, 4.69) is 11.5 Å². The van der Waals surface area contributed by atoms with Crippen LogP contribution in [0.25, 0.3) is 0 Å². The molecule has 0 amide bonds. The van der Waals surface area contributed by atoms with E-state index in [1.165, 1.54) is 0 Å². The molecule has 0 radical (unpaired) electrons. The highest BCUT2D eigenvalue weighted by Gasteiger charge is 1.90. The van der Waals surface area contributed by atoms with Crippen molar-refractivity contribution in [3.8, 4) is 0 Å². The Morgan fingerprint density at radius 2 is 2.10 bits per heavy atom. The van der Waals surface area contributed by atoms with E-state index < -0.39 is 0 Å². The van der Waals surface area contributed by atoms with E-state index in [1.54, 1.807) is 30.4 Å². The highest BCUT2D eigenvalue weighted by atomic mass is 33.8. The Hall–Kier alpha value is 1.05. The van der Waals surface area contributed by atoms with Crippen LogP contribution in [0.1, 0.15) is 0 Å². The quantitative estimate of drug-likeness (QED) is 0.446. The molecule has 0 atom stereocenters. The van der Waals surface area contributed by atoms with Crippen molar-refractivity contribution in [2.75, 3.05) is 5.75 Å². The normalized spacial score (nSPS) is 19.2. The summed E-state index contributed by atoms with van der Waals surface area (Å²) in [6, 6.07) is 0. The third-order valence-corrected chi connectivity index (χ3v) is 8.52. The average Bonchev–Trinajstić information content (AvgIpc) is 2.01. The number of rotatable bonds is 0. The topological polar surface area (TPSA) is 0 Å². The maximum absolute atomic E-state index is 2.95. The molecule has 10 heavy (non-hydrogen) atoms. The fourth-order valence-corrected chi connectivity index (χ4v) is 7.73. The van der Waals surface area contributed by atoms with Gasteiger partial charge in [0.2, 0.25) is 0 Å². The third kappa shape index (κ3) is 4.80. The van der Waals surface area contributed by atoms with Gasteiger partial charge < -0.3 is 0 Å². The minimum Gasteiger partial charge on any atom is -0.0768 e. The Balaban J connectivity index is 2.43. The van der Waals surface area contributed by atoms with Crippen LogP contribution in [0.5, 0.6) is 0 Å². The van der Waals surface area contributed by atoms with E-state index in [0.717, 1.165) is 5.75 Å². The first-order valence-corrected chi connectivity index (χ1v) is 8.81. The van der Waals surface area contributed by atoms with Crippen molar-refractivity contribution in [3.05, 3.63) is 22.9 Å². The molecule has 0 fully saturated rings. The van der Waals surface area contributed by atoms with Gasteiger partial charge in [-0.1, -0.05) is 22.3 Å². The molecule has 0 unspecified atom stereocenters. The molecule has 0 spiro atoms. The van der Waals surface area contributed by atoms with Crippen molar-refractivity contribution < 1.29 is 0 Å². The molecule has 0 saturated carbocycles. The molecule has 0 N–H and O–H groups in total. The minimum absolute atomic E-state index is 1.02. The van der Waals surface area contributed by atoms with Crippen molar-refractivity contribution in [1.82, 2.24) is 0 Å². The van der Waals surface area contributed by atoms with E-state index in [0.29, 0.717) is 0 Å². The van der Waals surface area contributed by atoms with Gasteiger partial charge in [-0.15, -0.1) is 0 Å². The lowest BCUT2D eigenvalue weighted by Gasteiger charge is -1.93. The Labute approximate surface area is 79.3 Å². The molecular formula is C5H4S5. The number of hydrogen-bond acceptors (Lipinski definition) is 5. The van der Waals surface area contributed by atoms with Gasteiger partial charge in [-0.3, -0.25) is 0 Å². The van der Waals surface area contributed by atoms with Crippen LogP contribution in [-0.2, 0) is 0 Å². The van der Waals surface area contributed by atoms with Gasteiger partial charge in [0.1, 0.15) is 0 Å². The van der Waals surface area contributed by atoms with Crippen molar-refractivity contribution >= 4 is 51.1 Å². The van der Waals surface area contributed by atoms with Gasteiger partial charge in [0, 0.05) is 11.2 Å². The lowest BCUT2D eigenvalue weighted by molar-refractivity contribution is 1.82. The zero-order chi connectivity index (χ0) is 7.07. The van der Waals surface area contributed by atoms with Gasteiger partial charge in [-0.25, -0.2) is 0 Å². The molecule has 5 heteroatoms. The van der Waals surface area contributed by atoms with Gasteiger partial charge in [-0.2, -0.15) is 0 Å². The molecular weight excluding hydrogens is 220 g/mol. The monoisotopic (exact) mass is 224 g/mol. The average molecular weight is 224 g/mol. The van der Waals surface area contributed by atoms with Crippen LogP contribution in [0.2, 0.25) is 0 Å². The summed E-state index contributed by atoms with van der Waals surface area (Å²) in [5, 5.41) is 1.92. The maximum Gasteiger partial charge on any atom is 0.0332 e. The van der Waals surface area contributed by atoms with Crippen LogP contribution in [0, 0.1) is 0 Å².